The zero-order chi connectivity index (χ0) is 17.8. The Hall–Kier alpha value is -2.44. The second-order valence-electron chi connectivity index (χ2n) is 6.53. The first-order valence-electron chi connectivity index (χ1n) is 8.44. The lowest BCUT2D eigenvalue weighted by atomic mass is 10.2. The summed E-state index contributed by atoms with van der Waals surface area (Å²) in [5.41, 5.74) is 1.94. The van der Waals surface area contributed by atoms with E-state index in [4.69, 9.17) is 4.74 Å². The van der Waals surface area contributed by atoms with Gasteiger partial charge >= 0.3 is 0 Å². The summed E-state index contributed by atoms with van der Waals surface area (Å²) < 4.78 is 5.76. The number of nitrogens with zero attached hydrogens (tertiary/aromatic N) is 3. The van der Waals surface area contributed by atoms with Crippen LogP contribution in [0.3, 0.4) is 0 Å². The maximum atomic E-state index is 11.0. The number of nitro benzene ring substituents is 1. The second-order valence-corrected chi connectivity index (χ2v) is 6.53. The van der Waals surface area contributed by atoms with E-state index in [1.807, 2.05) is 12.1 Å². The largest absolute Gasteiger partial charge is 0.457 e. The second kappa shape index (κ2) is 7.63. The highest BCUT2D eigenvalue weighted by molar-refractivity contribution is 5.46. The summed E-state index contributed by atoms with van der Waals surface area (Å²) in [6, 6.07) is 12.9. The van der Waals surface area contributed by atoms with Crippen molar-refractivity contribution < 1.29 is 9.66 Å². The van der Waals surface area contributed by atoms with E-state index in [1.54, 1.807) is 19.1 Å². The van der Waals surface area contributed by atoms with Crippen LogP contribution in [0, 0.1) is 17.0 Å². The van der Waals surface area contributed by atoms with Gasteiger partial charge in [0.2, 0.25) is 0 Å². The molecule has 0 radical (unpaired) electrons. The average Bonchev–Trinajstić information content (AvgIpc) is 2.60. The van der Waals surface area contributed by atoms with E-state index in [1.165, 1.54) is 11.6 Å². The van der Waals surface area contributed by atoms with Crippen molar-refractivity contribution in [1.29, 1.82) is 0 Å². The number of likely N-dealkylation sites (N-methyl/N-ethyl adjacent to an activating group) is 1. The quantitative estimate of drug-likeness (QED) is 0.616. The third kappa shape index (κ3) is 4.55. The average molecular weight is 341 g/mol. The number of piperazine rings is 1. The number of ether oxygens (including phenoxy) is 1. The van der Waals surface area contributed by atoms with Gasteiger partial charge in [-0.05, 0) is 43.8 Å². The lowest BCUT2D eigenvalue weighted by Crippen LogP contribution is -2.43. The molecular weight excluding hydrogens is 318 g/mol. The Bertz CT molecular complexity index is 738. The van der Waals surface area contributed by atoms with Crippen LogP contribution in [-0.2, 0) is 6.54 Å². The van der Waals surface area contributed by atoms with Crippen LogP contribution in [0.1, 0.15) is 11.1 Å². The molecule has 0 aromatic heterocycles. The van der Waals surface area contributed by atoms with Crippen molar-refractivity contribution in [1.82, 2.24) is 9.80 Å². The molecule has 0 unspecified atom stereocenters. The minimum absolute atomic E-state index is 0.0733. The van der Waals surface area contributed by atoms with Gasteiger partial charge in [-0.15, -0.1) is 0 Å². The topological polar surface area (TPSA) is 58.8 Å². The van der Waals surface area contributed by atoms with Crippen molar-refractivity contribution in [3.63, 3.8) is 0 Å². The summed E-state index contributed by atoms with van der Waals surface area (Å²) in [6.07, 6.45) is 0. The lowest BCUT2D eigenvalue weighted by molar-refractivity contribution is -0.385. The van der Waals surface area contributed by atoms with Crippen LogP contribution in [0.2, 0.25) is 0 Å². The molecule has 132 valence electrons. The SMILES string of the molecule is Cc1ccc(Oc2ccc(CN3CCN(C)CC3)cc2)cc1[N+](=O)[O-]. The molecule has 0 aliphatic carbocycles. The van der Waals surface area contributed by atoms with E-state index in [0.717, 1.165) is 32.7 Å². The third-order valence-corrected chi connectivity index (χ3v) is 4.54. The van der Waals surface area contributed by atoms with Gasteiger partial charge in [0.1, 0.15) is 11.5 Å². The van der Waals surface area contributed by atoms with Gasteiger partial charge in [0, 0.05) is 38.3 Å². The van der Waals surface area contributed by atoms with Gasteiger partial charge in [0.05, 0.1) is 11.0 Å². The molecule has 6 nitrogen and oxygen atoms in total. The molecule has 1 aliphatic rings. The Balaban J connectivity index is 1.63. The molecule has 0 N–H and O–H groups in total. The Morgan fingerprint density at radius 1 is 1.04 bits per heavy atom. The van der Waals surface area contributed by atoms with Crippen LogP contribution in [0.4, 0.5) is 5.69 Å². The van der Waals surface area contributed by atoms with Crippen LogP contribution >= 0.6 is 0 Å². The summed E-state index contributed by atoms with van der Waals surface area (Å²) >= 11 is 0. The minimum atomic E-state index is -0.388. The van der Waals surface area contributed by atoms with E-state index in [2.05, 4.69) is 29.0 Å². The first-order valence-corrected chi connectivity index (χ1v) is 8.44. The first kappa shape index (κ1) is 17.4. The van der Waals surface area contributed by atoms with E-state index in [0.29, 0.717) is 17.1 Å². The highest BCUT2D eigenvalue weighted by Crippen LogP contribution is 2.28. The molecule has 1 fully saturated rings. The van der Waals surface area contributed by atoms with Crippen molar-refractivity contribution in [2.45, 2.75) is 13.5 Å². The third-order valence-electron chi connectivity index (χ3n) is 4.54. The summed E-state index contributed by atoms with van der Waals surface area (Å²) in [5, 5.41) is 11.0. The van der Waals surface area contributed by atoms with Crippen LogP contribution in [0.15, 0.2) is 42.5 Å². The number of hydrogen-bond acceptors (Lipinski definition) is 5. The highest BCUT2D eigenvalue weighted by atomic mass is 16.6. The number of hydrogen-bond donors (Lipinski definition) is 0. The van der Waals surface area contributed by atoms with Crippen LogP contribution in [0.25, 0.3) is 0 Å². The fourth-order valence-electron chi connectivity index (χ4n) is 2.91. The molecule has 0 amide bonds. The minimum Gasteiger partial charge on any atom is -0.457 e. The smallest absolute Gasteiger partial charge is 0.276 e. The fraction of sp³-hybridized carbons (Fsp3) is 0.368. The molecule has 25 heavy (non-hydrogen) atoms. The van der Waals surface area contributed by atoms with Crippen molar-refractivity contribution in [3.05, 3.63) is 63.7 Å². The summed E-state index contributed by atoms with van der Waals surface area (Å²) in [4.78, 5) is 15.4. The molecule has 3 rings (SSSR count). The molecule has 0 saturated carbocycles. The molecule has 2 aromatic carbocycles. The summed E-state index contributed by atoms with van der Waals surface area (Å²) in [5.74, 6) is 1.16. The number of nitro groups is 1. The Morgan fingerprint density at radius 2 is 1.68 bits per heavy atom. The lowest BCUT2D eigenvalue weighted by Gasteiger charge is -2.32. The van der Waals surface area contributed by atoms with Gasteiger partial charge in [0.15, 0.2) is 0 Å². The summed E-state index contributed by atoms with van der Waals surface area (Å²) in [6.45, 7) is 7.03. The van der Waals surface area contributed by atoms with Gasteiger partial charge in [-0.3, -0.25) is 15.0 Å². The van der Waals surface area contributed by atoms with Gasteiger partial charge in [0.25, 0.3) is 5.69 Å². The molecular formula is C19H23N3O3. The molecule has 6 heteroatoms. The molecule has 0 spiro atoms. The molecule has 1 saturated heterocycles. The molecule has 1 heterocycles. The van der Waals surface area contributed by atoms with Crippen molar-refractivity contribution in [2.24, 2.45) is 0 Å². The van der Waals surface area contributed by atoms with Gasteiger partial charge in [-0.25, -0.2) is 0 Å². The standard InChI is InChI=1S/C19H23N3O3/c1-15-3-6-18(13-19(15)22(23)24)25-17-7-4-16(5-8-17)14-21-11-9-20(2)10-12-21/h3-8,13H,9-12,14H2,1-2H3. The molecule has 0 bridgehead atoms. The van der Waals surface area contributed by atoms with E-state index in [9.17, 15) is 10.1 Å². The summed E-state index contributed by atoms with van der Waals surface area (Å²) in [7, 11) is 2.15. The molecule has 1 aliphatic heterocycles. The van der Waals surface area contributed by atoms with Gasteiger partial charge in [-0.2, -0.15) is 0 Å². The Labute approximate surface area is 147 Å². The zero-order valence-corrected chi connectivity index (χ0v) is 14.6. The maximum Gasteiger partial charge on any atom is 0.276 e. The van der Waals surface area contributed by atoms with E-state index < -0.39 is 0 Å². The maximum absolute atomic E-state index is 11.0. The van der Waals surface area contributed by atoms with Gasteiger partial charge < -0.3 is 9.64 Å². The first-order chi connectivity index (χ1) is 12.0. The number of aryl methyl sites for hydroxylation is 1. The fourth-order valence-corrected chi connectivity index (χ4v) is 2.91. The van der Waals surface area contributed by atoms with Crippen LogP contribution < -0.4 is 4.74 Å². The van der Waals surface area contributed by atoms with Gasteiger partial charge in [-0.1, -0.05) is 12.1 Å². The predicted molar refractivity (Wildman–Crippen MR) is 97.1 cm³/mol. The normalized spacial score (nSPS) is 15.9. The highest BCUT2D eigenvalue weighted by Gasteiger charge is 2.14. The van der Waals surface area contributed by atoms with Crippen LogP contribution in [0.5, 0.6) is 11.5 Å². The van der Waals surface area contributed by atoms with Crippen molar-refractivity contribution >= 4 is 5.69 Å². The van der Waals surface area contributed by atoms with E-state index >= 15 is 0 Å². The predicted octanol–water partition coefficient (Wildman–Crippen LogP) is 3.44. The molecule has 2 aromatic rings. The Kier molecular flexibility index (Phi) is 5.31. The van der Waals surface area contributed by atoms with E-state index in [-0.39, 0.29) is 10.6 Å². The molecule has 0 atom stereocenters. The zero-order valence-electron chi connectivity index (χ0n) is 14.6. The van der Waals surface area contributed by atoms with Crippen molar-refractivity contribution in [2.75, 3.05) is 33.2 Å². The number of benzene rings is 2. The number of rotatable bonds is 5. The van der Waals surface area contributed by atoms with Crippen LogP contribution in [-0.4, -0.2) is 47.9 Å². The Morgan fingerprint density at radius 3 is 2.32 bits per heavy atom. The van der Waals surface area contributed by atoms with Crippen molar-refractivity contribution in [3.8, 4) is 11.5 Å². The monoisotopic (exact) mass is 341 g/mol.